The number of anilines is 5. The molecule has 3 aromatic rings. The fourth-order valence-electron chi connectivity index (χ4n) is 2.45. The van der Waals surface area contributed by atoms with Crippen molar-refractivity contribution in [3.05, 3.63) is 53.3 Å². The molecule has 0 spiro atoms. The molecule has 0 aliphatic rings. The smallest absolute Gasteiger partial charge is 0.159 e. The minimum atomic E-state index is 0.368. The predicted octanol–water partition coefficient (Wildman–Crippen LogP) is 4.53. The molecule has 0 atom stereocenters. The Morgan fingerprint density at radius 2 is 1.56 bits per heavy atom. The van der Waals surface area contributed by atoms with Crippen molar-refractivity contribution >= 4 is 40.3 Å². The number of methoxy groups -OCH3 is 2. The molecule has 2 aromatic carbocycles. The highest BCUT2D eigenvalue weighted by Gasteiger charge is 2.14. The Labute approximate surface area is 162 Å². The van der Waals surface area contributed by atoms with Crippen molar-refractivity contribution in [3.63, 3.8) is 0 Å². The number of aromatic nitrogens is 2. The Kier molecular flexibility index (Phi) is 5.52. The Hall–Kier alpha value is -3.19. The minimum absolute atomic E-state index is 0.368. The lowest BCUT2D eigenvalue weighted by Gasteiger charge is -2.16. The summed E-state index contributed by atoms with van der Waals surface area (Å²) in [5.74, 6) is 1.98. The number of hydrogen-bond acceptors (Lipinski definition) is 7. The third kappa shape index (κ3) is 4.15. The molecule has 8 heteroatoms. The zero-order valence-electron chi connectivity index (χ0n) is 15.2. The molecule has 0 bridgehead atoms. The number of nitrogens with zero attached hydrogens (tertiary/aromatic N) is 2. The Morgan fingerprint density at radius 1 is 0.926 bits per heavy atom. The summed E-state index contributed by atoms with van der Waals surface area (Å²) in [5.41, 5.74) is 9.27. The molecule has 0 aliphatic carbocycles. The van der Waals surface area contributed by atoms with Crippen LogP contribution in [0.4, 0.5) is 28.7 Å². The summed E-state index contributed by atoms with van der Waals surface area (Å²) in [6.45, 7) is 2.03. The molecular formula is C19H20ClN5O2. The molecule has 4 N–H and O–H groups in total. The Morgan fingerprint density at radius 3 is 2.19 bits per heavy atom. The summed E-state index contributed by atoms with van der Waals surface area (Å²) < 4.78 is 10.6. The summed E-state index contributed by atoms with van der Waals surface area (Å²) in [6, 6.07) is 11.3. The van der Waals surface area contributed by atoms with Crippen LogP contribution in [0, 0.1) is 6.92 Å². The molecule has 27 heavy (non-hydrogen) atoms. The van der Waals surface area contributed by atoms with Gasteiger partial charge in [0.05, 0.1) is 24.9 Å². The summed E-state index contributed by atoms with van der Waals surface area (Å²) in [5, 5.41) is 6.76. The highest BCUT2D eigenvalue weighted by Crippen LogP contribution is 2.38. The molecule has 1 heterocycles. The van der Waals surface area contributed by atoms with Crippen molar-refractivity contribution in [2.45, 2.75) is 6.92 Å². The summed E-state index contributed by atoms with van der Waals surface area (Å²) in [4.78, 5) is 8.44. The van der Waals surface area contributed by atoms with Crippen molar-refractivity contribution < 1.29 is 9.47 Å². The molecule has 0 amide bonds. The van der Waals surface area contributed by atoms with Crippen molar-refractivity contribution in [3.8, 4) is 11.5 Å². The topological polar surface area (TPSA) is 94.3 Å². The molecule has 0 unspecified atom stereocenters. The van der Waals surface area contributed by atoms with Crippen LogP contribution in [-0.2, 0) is 0 Å². The normalized spacial score (nSPS) is 10.4. The first-order valence-electron chi connectivity index (χ1n) is 8.14. The van der Waals surface area contributed by atoms with E-state index in [4.69, 9.17) is 26.8 Å². The highest BCUT2D eigenvalue weighted by atomic mass is 35.5. The van der Waals surface area contributed by atoms with Gasteiger partial charge in [0.2, 0.25) is 0 Å². The van der Waals surface area contributed by atoms with E-state index in [2.05, 4.69) is 20.6 Å². The van der Waals surface area contributed by atoms with Crippen LogP contribution in [0.2, 0.25) is 5.02 Å². The molecule has 0 saturated carbocycles. The van der Waals surface area contributed by atoms with Crippen LogP contribution in [0.25, 0.3) is 0 Å². The summed E-state index contributed by atoms with van der Waals surface area (Å²) in [6.07, 6.45) is 1.42. The zero-order chi connectivity index (χ0) is 19.4. The van der Waals surface area contributed by atoms with Crippen LogP contribution in [0.15, 0.2) is 42.7 Å². The lowest BCUT2D eigenvalue weighted by molar-refractivity contribution is 0.396. The molecule has 0 radical (unpaired) electrons. The van der Waals surface area contributed by atoms with Crippen molar-refractivity contribution in [2.75, 3.05) is 30.6 Å². The standard InChI is InChI=1S/C19H20ClN5O2/c1-11-4-6-12(7-5-11)24-18-17(21)19(23-10-22-18)25-14-8-13(20)15(26-2)9-16(14)27-3/h4-10H,21H2,1-3H3,(H2,22,23,24,25). The lowest BCUT2D eigenvalue weighted by atomic mass is 10.2. The molecule has 0 saturated heterocycles. The van der Waals surface area contributed by atoms with Crippen LogP contribution in [0.3, 0.4) is 0 Å². The van der Waals surface area contributed by atoms with E-state index in [0.717, 1.165) is 5.69 Å². The zero-order valence-corrected chi connectivity index (χ0v) is 16.0. The number of rotatable bonds is 6. The van der Waals surface area contributed by atoms with Crippen molar-refractivity contribution in [2.24, 2.45) is 0 Å². The first-order chi connectivity index (χ1) is 13.0. The van der Waals surface area contributed by atoms with Gasteiger partial charge in [-0.2, -0.15) is 0 Å². The van der Waals surface area contributed by atoms with Crippen LogP contribution < -0.4 is 25.8 Å². The number of benzene rings is 2. The maximum atomic E-state index is 6.25. The molecule has 3 rings (SSSR count). The van der Waals surface area contributed by atoms with E-state index >= 15 is 0 Å². The van der Waals surface area contributed by atoms with E-state index < -0.39 is 0 Å². The number of aryl methyl sites for hydroxylation is 1. The second-order valence-corrected chi connectivity index (χ2v) is 6.19. The van der Waals surface area contributed by atoms with Gasteiger partial charge in [0.1, 0.15) is 23.5 Å². The number of nitrogens with one attached hydrogen (secondary N) is 2. The van der Waals surface area contributed by atoms with Gasteiger partial charge < -0.3 is 25.8 Å². The third-order valence-corrected chi connectivity index (χ3v) is 4.22. The number of nitrogens with two attached hydrogens (primary N) is 1. The molecular weight excluding hydrogens is 366 g/mol. The maximum Gasteiger partial charge on any atom is 0.159 e. The maximum absolute atomic E-state index is 6.25. The largest absolute Gasteiger partial charge is 0.495 e. The van der Waals surface area contributed by atoms with E-state index in [1.54, 1.807) is 26.4 Å². The number of hydrogen-bond donors (Lipinski definition) is 3. The second kappa shape index (κ2) is 8.01. The van der Waals surface area contributed by atoms with Crippen LogP contribution >= 0.6 is 11.6 Å². The molecule has 0 aliphatic heterocycles. The summed E-state index contributed by atoms with van der Waals surface area (Å²) in [7, 11) is 3.10. The van der Waals surface area contributed by atoms with Crippen LogP contribution in [-0.4, -0.2) is 24.2 Å². The predicted molar refractivity (Wildman–Crippen MR) is 109 cm³/mol. The Balaban J connectivity index is 1.90. The average Bonchev–Trinajstić information content (AvgIpc) is 2.67. The van der Waals surface area contributed by atoms with E-state index in [1.807, 2.05) is 31.2 Å². The fourth-order valence-corrected chi connectivity index (χ4v) is 2.69. The number of ether oxygens (including phenoxy) is 2. The van der Waals surface area contributed by atoms with Crippen LogP contribution in [0.5, 0.6) is 11.5 Å². The van der Waals surface area contributed by atoms with Gasteiger partial charge in [-0.25, -0.2) is 9.97 Å². The van der Waals surface area contributed by atoms with Gasteiger partial charge in [0.25, 0.3) is 0 Å². The monoisotopic (exact) mass is 385 g/mol. The van der Waals surface area contributed by atoms with Crippen molar-refractivity contribution in [1.29, 1.82) is 0 Å². The first-order valence-corrected chi connectivity index (χ1v) is 8.52. The quantitative estimate of drug-likeness (QED) is 0.574. The van der Waals surface area contributed by atoms with Gasteiger partial charge >= 0.3 is 0 Å². The molecule has 7 nitrogen and oxygen atoms in total. The first kappa shape index (κ1) is 18.6. The van der Waals surface area contributed by atoms with Gasteiger partial charge in [0, 0.05) is 11.8 Å². The van der Waals surface area contributed by atoms with E-state index in [0.29, 0.717) is 39.5 Å². The number of halogens is 1. The summed E-state index contributed by atoms with van der Waals surface area (Å²) >= 11 is 6.22. The van der Waals surface area contributed by atoms with Gasteiger partial charge in [-0.15, -0.1) is 0 Å². The van der Waals surface area contributed by atoms with Gasteiger partial charge in [-0.05, 0) is 25.1 Å². The van der Waals surface area contributed by atoms with Crippen LogP contribution in [0.1, 0.15) is 5.56 Å². The minimum Gasteiger partial charge on any atom is -0.495 e. The van der Waals surface area contributed by atoms with Gasteiger partial charge in [-0.3, -0.25) is 0 Å². The highest BCUT2D eigenvalue weighted by molar-refractivity contribution is 6.32. The third-order valence-electron chi connectivity index (χ3n) is 3.93. The van der Waals surface area contributed by atoms with E-state index in [-0.39, 0.29) is 0 Å². The van der Waals surface area contributed by atoms with Gasteiger partial charge in [-0.1, -0.05) is 29.3 Å². The number of nitrogen functional groups attached to an aromatic ring is 1. The lowest BCUT2D eigenvalue weighted by Crippen LogP contribution is -2.06. The second-order valence-electron chi connectivity index (χ2n) is 5.79. The Bertz CT molecular complexity index is 948. The SMILES string of the molecule is COc1cc(OC)c(Nc2ncnc(Nc3ccc(C)cc3)c2N)cc1Cl. The fraction of sp³-hybridized carbons (Fsp3) is 0.158. The molecule has 0 fully saturated rings. The van der Waals surface area contributed by atoms with E-state index in [9.17, 15) is 0 Å². The van der Waals surface area contributed by atoms with Crippen molar-refractivity contribution in [1.82, 2.24) is 9.97 Å². The van der Waals surface area contributed by atoms with Gasteiger partial charge in [0.15, 0.2) is 11.6 Å². The van der Waals surface area contributed by atoms with E-state index in [1.165, 1.54) is 11.9 Å². The average molecular weight is 386 g/mol. The molecule has 1 aromatic heterocycles. The molecule has 140 valence electrons.